The summed E-state index contributed by atoms with van der Waals surface area (Å²) in [5, 5.41) is 2.30. The Morgan fingerprint density at radius 2 is 1.88 bits per heavy atom. The van der Waals surface area contributed by atoms with Gasteiger partial charge in [-0.15, -0.1) is 0 Å². The predicted octanol–water partition coefficient (Wildman–Crippen LogP) is 3.44. The van der Waals surface area contributed by atoms with E-state index in [9.17, 15) is 13.6 Å². The van der Waals surface area contributed by atoms with Crippen LogP contribution in [-0.2, 0) is 0 Å². The summed E-state index contributed by atoms with van der Waals surface area (Å²) >= 11 is 0. The van der Waals surface area contributed by atoms with Gasteiger partial charge in [-0.3, -0.25) is 4.98 Å². The standard InChI is InChI=1S/C17H17F2N3O2/c18-14-4-1-5-15(19)16(14)21-17(23)22-9-6-12(7-10-22)24-13-3-2-8-20-11-13/h1-5,8,11-12H,6-7,9-10H2,(H,21,23). The van der Waals surface area contributed by atoms with E-state index in [1.807, 2.05) is 6.07 Å². The number of hydrogen-bond acceptors (Lipinski definition) is 3. The minimum absolute atomic E-state index is 0.0107. The maximum Gasteiger partial charge on any atom is 0.322 e. The number of rotatable bonds is 3. The van der Waals surface area contributed by atoms with Crippen molar-refractivity contribution in [2.75, 3.05) is 18.4 Å². The van der Waals surface area contributed by atoms with E-state index in [0.717, 1.165) is 12.1 Å². The highest BCUT2D eigenvalue weighted by molar-refractivity contribution is 5.89. The molecule has 0 unspecified atom stereocenters. The number of hydrogen-bond donors (Lipinski definition) is 1. The van der Waals surface area contributed by atoms with E-state index in [0.29, 0.717) is 31.7 Å². The van der Waals surface area contributed by atoms with Crippen LogP contribution < -0.4 is 10.1 Å². The van der Waals surface area contributed by atoms with Gasteiger partial charge < -0.3 is 15.0 Å². The first-order valence-corrected chi connectivity index (χ1v) is 7.70. The Balaban J connectivity index is 1.54. The number of aromatic nitrogens is 1. The number of anilines is 1. The second kappa shape index (κ2) is 7.25. The number of para-hydroxylation sites is 1. The second-order valence-corrected chi connectivity index (χ2v) is 5.52. The highest BCUT2D eigenvalue weighted by Crippen LogP contribution is 2.21. The third-order valence-electron chi connectivity index (χ3n) is 3.86. The van der Waals surface area contributed by atoms with Crippen molar-refractivity contribution in [1.82, 2.24) is 9.88 Å². The molecule has 0 atom stereocenters. The molecule has 0 saturated carbocycles. The Morgan fingerprint density at radius 1 is 1.17 bits per heavy atom. The highest BCUT2D eigenvalue weighted by atomic mass is 19.1. The second-order valence-electron chi connectivity index (χ2n) is 5.52. The number of pyridine rings is 1. The van der Waals surface area contributed by atoms with Gasteiger partial charge in [0.2, 0.25) is 0 Å². The van der Waals surface area contributed by atoms with Crippen LogP contribution in [0.3, 0.4) is 0 Å². The summed E-state index contributed by atoms with van der Waals surface area (Å²) in [7, 11) is 0. The third kappa shape index (κ3) is 3.79. The molecule has 0 bridgehead atoms. The van der Waals surface area contributed by atoms with Crippen molar-refractivity contribution < 1.29 is 18.3 Å². The zero-order valence-electron chi connectivity index (χ0n) is 12.9. The Kier molecular flexibility index (Phi) is 4.88. The summed E-state index contributed by atoms with van der Waals surface area (Å²) in [6.45, 7) is 0.902. The number of carbonyl (C=O) groups is 1. The lowest BCUT2D eigenvalue weighted by atomic mass is 10.1. The Hall–Kier alpha value is -2.70. The predicted molar refractivity (Wildman–Crippen MR) is 84.8 cm³/mol. The number of nitrogens with one attached hydrogen (secondary N) is 1. The van der Waals surface area contributed by atoms with E-state index < -0.39 is 23.4 Å². The molecule has 1 aliphatic heterocycles. The SMILES string of the molecule is O=C(Nc1c(F)cccc1F)N1CCC(Oc2cccnc2)CC1. The first-order valence-electron chi connectivity index (χ1n) is 7.70. The number of benzene rings is 1. The summed E-state index contributed by atoms with van der Waals surface area (Å²) in [6, 6.07) is 6.56. The molecule has 2 aromatic rings. The zero-order chi connectivity index (χ0) is 16.9. The maximum atomic E-state index is 13.6. The van der Waals surface area contributed by atoms with Gasteiger partial charge in [0, 0.05) is 32.1 Å². The van der Waals surface area contributed by atoms with Crippen LogP contribution in [0.25, 0.3) is 0 Å². The average molecular weight is 333 g/mol. The highest BCUT2D eigenvalue weighted by Gasteiger charge is 2.25. The van der Waals surface area contributed by atoms with Gasteiger partial charge in [-0.1, -0.05) is 6.07 Å². The first kappa shape index (κ1) is 16.2. The van der Waals surface area contributed by atoms with Crippen molar-refractivity contribution in [1.29, 1.82) is 0 Å². The molecule has 0 aliphatic carbocycles. The van der Waals surface area contributed by atoms with Crippen molar-refractivity contribution in [3.05, 3.63) is 54.4 Å². The molecular weight excluding hydrogens is 316 g/mol. The lowest BCUT2D eigenvalue weighted by Gasteiger charge is -2.32. The van der Waals surface area contributed by atoms with Crippen LogP contribution in [0, 0.1) is 11.6 Å². The first-order chi connectivity index (χ1) is 11.6. The molecule has 1 saturated heterocycles. The minimum Gasteiger partial charge on any atom is -0.489 e. The van der Waals surface area contributed by atoms with Crippen LogP contribution in [0.15, 0.2) is 42.7 Å². The molecule has 7 heteroatoms. The summed E-state index contributed by atoms with van der Waals surface area (Å²) in [5.74, 6) is -0.898. The largest absolute Gasteiger partial charge is 0.489 e. The third-order valence-corrected chi connectivity index (χ3v) is 3.86. The van der Waals surface area contributed by atoms with Gasteiger partial charge in [-0.2, -0.15) is 0 Å². The van der Waals surface area contributed by atoms with Crippen molar-refractivity contribution in [2.45, 2.75) is 18.9 Å². The number of amides is 2. The fourth-order valence-electron chi connectivity index (χ4n) is 2.59. The monoisotopic (exact) mass is 333 g/mol. The summed E-state index contributed by atoms with van der Waals surface area (Å²) in [6.07, 6.45) is 4.58. The fraction of sp³-hybridized carbons (Fsp3) is 0.294. The van der Waals surface area contributed by atoms with Gasteiger partial charge in [0.1, 0.15) is 29.2 Å². The zero-order valence-corrected chi connectivity index (χ0v) is 12.9. The lowest BCUT2D eigenvalue weighted by Crippen LogP contribution is -2.44. The Bertz CT molecular complexity index is 684. The van der Waals surface area contributed by atoms with Crippen LogP contribution >= 0.6 is 0 Å². The maximum absolute atomic E-state index is 13.6. The number of piperidine rings is 1. The normalized spacial score (nSPS) is 15.2. The van der Waals surface area contributed by atoms with Gasteiger partial charge in [-0.25, -0.2) is 13.6 Å². The minimum atomic E-state index is -0.793. The van der Waals surface area contributed by atoms with Crippen LogP contribution in [-0.4, -0.2) is 35.1 Å². The molecule has 3 rings (SSSR count). The molecule has 1 aliphatic rings. The molecule has 126 valence electrons. The van der Waals surface area contributed by atoms with Crippen molar-refractivity contribution in [2.24, 2.45) is 0 Å². The van der Waals surface area contributed by atoms with Crippen molar-refractivity contribution in [3.63, 3.8) is 0 Å². The average Bonchev–Trinajstić information content (AvgIpc) is 2.60. The molecule has 0 spiro atoms. The van der Waals surface area contributed by atoms with E-state index in [2.05, 4.69) is 10.3 Å². The molecule has 1 fully saturated rings. The van der Waals surface area contributed by atoms with Gasteiger partial charge >= 0.3 is 6.03 Å². The summed E-state index contributed by atoms with van der Waals surface area (Å²) in [5.41, 5.74) is -0.420. The smallest absolute Gasteiger partial charge is 0.322 e. The van der Waals surface area contributed by atoms with Crippen molar-refractivity contribution in [3.8, 4) is 5.75 Å². The number of ether oxygens (including phenoxy) is 1. The number of likely N-dealkylation sites (tertiary alicyclic amines) is 1. The van der Waals surface area contributed by atoms with Crippen LogP contribution in [0.2, 0.25) is 0 Å². The molecule has 2 amide bonds. The molecule has 5 nitrogen and oxygen atoms in total. The molecule has 1 aromatic heterocycles. The van der Waals surface area contributed by atoms with Crippen LogP contribution in [0.5, 0.6) is 5.75 Å². The van der Waals surface area contributed by atoms with E-state index in [1.165, 1.54) is 11.0 Å². The van der Waals surface area contributed by atoms with Gasteiger partial charge in [0.15, 0.2) is 0 Å². The van der Waals surface area contributed by atoms with E-state index in [-0.39, 0.29) is 6.10 Å². The van der Waals surface area contributed by atoms with Crippen molar-refractivity contribution >= 4 is 11.7 Å². The lowest BCUT2D eigenvalue weighted by molar-refractivity contribution is 0.115. The Labute approximate surface area is 138 Å². The number of carbonyl (C=O) groups excluding carboxylic acids is 1. The van der Waals surface area contributed by atoms with Gasteiger partial charge in [0.05, 0.1) is 6.20 Å². The number of halogens is 2. The Morgan fingerprint density at radius 3 is 2.50 bits per heavy atom. The van der Waals surface area contributed by atoms with Crippen LogP contribution in [0.1, 0.15) is 12.8 Å². The summed E-state index contributed by atoms with van der Waals surface area (Å²) < 4.78 is 33.0. The molecule has 2 heterocycles. The van der Waals surface area contributed by atoms with Gasteiger partial charge in [0.25, 0.3) is 0 Å². The van der Waals surface area contributed by atoms with Gasteiger partial charge in [-0.05, 0) is 24.3 Å². The number of nitrogens with zero attached hydrogens (tertiary/aromatic N) is 2. The number of urea groups is 1. The summed E-state index contributed by atoms with van der Waals surface area (Å²) in [4.78, 5) is 17.7. The molecule has 24 heavy (non-hydrogen) atoms. The van der Waals surface area contributed by atoms with E-state index in [4.69, 9.17) is 4.74 Å². The fourth-order valence-corrected chi connectivity index (χ4v) is 2.59. The molecule has 0 radical (unpaired) electrons. The topological polar surface area (TPSA) is 54.5 Å². The molecular formula is C17H17F2N3O2. The van der Waals surface area contributed by atoms with Crippen LogP contribution in [0.4, 0.5) is 19.3 Å². The quantitative estimate of drug-likeness (QED) is 0.936. The molecule has 1 aromatic carbocycles. The van der Waals surface area contributed by atoms with E-state index in [1.54, 1.807) is 18.5 Å². The van der Waals surface area contributed by atoms with E-state index >= 15 is 0 Å². The molecule has 1 N–H and O–H groups in total.